The first-order chi connectivity index (χ1) is 13.3. The van der Waals surface area contributed by atoms with Crippen molar-refractivity contribution in [2.75, 3.05) is 5.32 Å². The van der Waals surface area contributed by atoms with Gasteiger partial charge in [-0.3, -0.25) is 4.79 Å². The molecular weight excluding hydrogens is 376 g/mol. The standard InChI is InChI=1S/C21H21ClN4O2/c1-4-17-24-18(13-6-5-7-15(22)12-13)26-20(25-17)23-16-10-8-14(9-11-16)21(2,3)19(27)28/h5-12H,4H2,1-3H3,(H,27,28)(H,23,24,25,26). The predicted octanol–water partition coefficient (Wildman–Crippen LogP) is 4.86. The summed E-state index contributed by atoms with van der Waals surface area (Å²) < 4.78 is 0. The maximum Gasteiger partial charge on any atom is 0.313 e. The van der Waals surface area contributed by atoms with Crippen LogP contribution >= 0.6 is 11.6 Å². The number of nitrogens with one attached hydrogen (secondary N) is 1. The second-order valence-electron chi connectivity index (χ2n) is 6.90. The third kappa shape index (κ3) is 4.28. The van der Waals surface area contributed by atoms with E-state index >= 15 is 0 Å². The van der Waals surface area contributed by atoms with Gasteiger partial charge in [-0.25, -0.2) is 4.98 Å². The van der Waals surface area contributed by atoms with E-state index in [2.05, 4.69) is 20.3 Å². The summed E-state index contributed by atoms with van der Waals surface area (Å²) in [5.74, 6) is 0.757. The van der Waals surface area contributed by atoms with Crippen molar-refractivity contribution in [1.82, 2.24) is 15.0 Å². The van der Waals surface area contributed by atoms with Gasteiger partial charge in [-0.05, 0) is 43.7 Å². The summed E-state index contributed by atoms with van der Waals surface area (Å²) in [7, 11) is 0. The number of halogens is 1. The lowest BCUT2D eigenvalue weighted by Gasteiger charge is -2.20. The summed E-state index contributed by atoms with van der Waals surface area (Å²) in [6.45, 7) is 5.33. The van der Waals surface area contributed by atoms with Crippen molar-refractivity contribution in [2.24, 2.45) is 0 Å². The van der Waals surface area contributed by atoms with Crippen molar-refractivity contribution in [3.05, 3.63) is 64.9 Å². The first-order valence-electron chi connectivity index (χ1n) is 8.91. The number of carbonyl (C=O) groups is 1. The molecule has 2 N–H and O–H groups in total. The average Bonchev–Trinajstić information content (AvgIpc) is 2.68. The molecule has 144 valence electrons. The van der Waals surface area contributed by atoms with Gasteiger partial charge >= 0.3 is 5.97 Å². The van der Waals surface area contributed by atoms with Gasteiger partial charge in [0.2, 0.25) is 5.95 Å². The predicted molar refractivity (Wildman–Crippen MR) is 110 cm³/mol. The minimum absolute atomic E-state index is 0.423. The van der Waals surface area contributed by atoms with E-state index in [9.17, 15) is 9.90 Å². The van der Waals surface area contributed by atoms with Gasteiger partial charge in [-0.2, -0.15) is 9.97 Å². The highest BCUT2D eigenvalue weighted by Gasteiger charge is 2.29. The Morgan fingerprint density at radius 2 is 1.82 bits per heavy atom. The fourth-order valence-electron chi connectivity index (χ4n) is 2.61. The van der Waals surface area contributed by atoms with Crippen LogP contribution < -0.4 is 5.32 Å². The minimum Gasteiger partial charge on any atom is -0.481 e. The van der Waals surface area contributed by atoms with Crippen LogP contribution in [-0.2, 0) is 16.6 Å². The molecule has 0 saturated heterocycles. The fraction of sp³-hybridized carbons (Fsp3) is 0.238. The van der Waals surface area contributed by atoms with Crippen LogP contribution in [0.25, 0.3) is 11.4 Å². The second-order valence-corrected chi connectivity index (χ2v) is 7.33. The van der Waals surface area contributed by atoms with Crippen molar-refractivity contribution in [3.63, 3.8) is 0 Å². The molecule has 1 aromatic heterocycles. The molecule has 0 spiro atoms. The van der Waals surface area contributed by atoms with Crippen LogP contribution in [0.2, 0.25) is 5.02 Å². The number of hydrogen-bond donors (Lipinski definition) is 2. The Kier molecular flexibility index (Phi) is 5.61. The largest absolute Gasteiger partial charge is 0.481 e. The van der Waals surface area contributed by atoms with Crippen LogP contribution in [0.1, 0.15) is 32.2 Å². The van der Waals surface area contributed by atoms with Gasteiger partial charge in [0.1, 0.15) is 5.82 Å². The van der Waals surface area contributed by atoms with Crippen LogP contribution in [-0.4, -0.2) is 26.0 Å². The summed E-state index contributed by atoms with van der Waals surface area (Å²) in [5, 5.41) is 13.1. The maximum atomic E-state index is 11.4. The molecule has 0 unspecified atom stereocenters. The van der Waals surface area contributed by atoms with E-state index in [1.165, 1.54) is 0 Å². The van der Waals surface area contributed by atoms with Crippen molar-refractivity contribution in [3.8, 4) is 11.4 Å². The summed E-state index contributed by atoms with van der Waals surface area (Å²) in [6.07, 6.45) is 0.663. The molecule has 0 aliphatic heterocycles. The Labute approximate surface area is 168 Å². The number of aryl methyl sites for hydroxylation is 1. The van der Waals surface area contributed by atoms with Crippen molar-refractivity contribution in [2.45, 2.75) is 32.6 Å². The number of carboxylic acids is 1. The number of anilines is 2. The third-order valence-electron chi connectivity index (χ3n) is 4.48. The molecular formula is C21H21ClN4O2. The first kappa shape index (κ1) is 19.8. The summed E-state index contributed by atoms with van der Waals surface area (Å²) >= 11 is 6.08. The van der Waals surface area contributed by atoms with E-state index in [0.717, 1.165) is 16.8 Å². The molecule has 7 heteroatoms. The van der Waals surface area contributed by atoms with E-state index in [1.807, 2.05) is 37.3 Å². The molecule has 3 aromatic rings. The van der Waals surface area contributed by atoms with Gasteiger partial charge in [0.25, 0.3) is 0 Å². The number of hydrogen-bond acceptors (Lipinski definition) is 5. The van der Waals surface area contributed by atoms with E-state index in [-0.39, 0.29) is 0 Å². The third-order valence-corrected chi connectivity index (χ3v) is 4.71. The zero-order valence-electron chi connectivity index (χ0n) is 15.9. The van der Waals surface area contributed by atoms with E-state index in [0.29, 0.717) is 29.0 Å². The number of aromatic nitrogens is 3. The Hall–Kier alpha value is -2.99. The highest BCUT2D eigenvalue weighted by molar-refractivity contribution is 6.30. The van der Waals surface area contributed by atoms with Crippen LogP contribution in [0, 0.1) is 0 Å². The molecule has 3 rings (SSSR count). The van der Waals surface area contributed by atoms with E-state index < -0.39 is 11.4 Å². The number of nitrogens with zero attached hydrogens (tertiary/aromatic N) is 3. The molecule has 6 nitrogen and oxygen atoms in total. The van der Waals surface area contributed by atoms with Crippen molar-refractivity contribution >= 4 is 29.2 Å². The second kappa shape index (κ2) is 7.94. The van der Waals surface area contributed by atoms with Crippen molar-refractivity contribution in [1.29, 1.82) is 0 Å². The average molecular weight is 397 g/mol. The molecule has 0 aliphatic rings. The maximum absolute atomic E-state index is 11.4. The van der Waals surface area contributed by atoms with Crippen LogP contribution in [0.15, 0.2) is 48.5 Å². The molecule has 0 atom stereocenters. The van der Waals surface area contributed by atoms with Crippen LogP contribution in [0.5, 0.6) is 0 Å². The van der Waals surface area contributed by atoms with Gasteiger partial charge in [0, 0.05) is 22.7 Å². The summed E-state index contributed by atoms with van der Waals surface area (Å²) in [5.41, 5.74) is 1.33. The summed E-state index contributed by atoms with van der Waals surface area (Å²) in [6, 6.07) is 14.6. The Morgan fingerprint density at radius 3 is 2.43 bits per heavy atom. The molecule has 0 saturated carbocycles. The van der Waals surface area contributed by atoms with Gasteiger partial charge < -0.3 is 10.4 Å². The number of rotatable bonds is 6. The zero-order valence-corrected chi connectivity index (χ0v) is 16.7. The van der Waals surface area contributed by atoms with Crippen LogP contribution in [0.3, 0.4) is 0 Å². The zero-order chi connectivity index (χ0) is 20.3. The Balaban J connectivity index is 1.90. The smallest absolute Gasteiger partial charge is 0.313 e. The molecule has 1 heterocycles. The molecule has 0 fully saturated rings. The van der Waals surface area contributed by atoms with Gasteiger partial charge in [0.05, 0.1) is 5.41 Å². The topological polar surface area (TPSA) is 88.0 Å². The number of aliphatic carboxylic acids is 1. The normalized spacial score (nSPS) is 11.3. The fourth-order valence-corrected chi connectivity index (χ4v) is 2.80. The van der Waals surface area contributed by atoms with E-state index in [4.69, 9.17) is 11.6 Å². The lowest BCUT2D eigenvalue weighted by Crippen LogP contribution is -2.28. The molecule has 28 heavy (non-hydrogen) atoms. The molecule has 0 bridgehead atoms. The lowest BCUT2D eigenvalue weighted by atomic mass is 9.85. The Morgan fingerprint density at radius 1 is 1.11 bits per heavy atom. The van der Waals surface area contributed by atoms with Crippen molar-refractivity contribution < 1.29 is 9.90 Å². The highest BCUT2D eigenvalue weighted by atomic mass is 35.5. The Bertz CT molecular complexity index is 1000. The van der Waals surface area contributed by atoms with Crippen LogP contribution in [0.4, 0.5) is 11.6 Å². The molecule has 0 radical (unpaired) electrons. The molecule has 0 aliphatic carbocycles. The molecule has 0 amide bonds. The lowest BCUT2D eigenvalue weighted by molar-refractivity contribution is -0.142. The van der Waals surface area contributed by atoms with Gasteiger partial charge in [-0.1, -0.05) is 42.8 Å². The number of benzene rings is 2. The molecule has 2 aromatic carbocycles. The summed E-state index contributed by atoms with van der Waals surface area (Å²) in [4.78, 5) is 24.8. The first-order valence-corrected chi connectivity index (χ1v) is 9.29. The highest BCUT2D eigenvalue weighted by Crippen LogP contribution is 2.26. The quantitative estimate of drug-likeness (QED) is 0.618. The SMILES string of the molecule is CCc1nc(Nc2ccc(C(C)(C)C(=O)O)cc2)nc(-c2cccc(Cl)c2)n1. The minimum atomic E-state index is -0.958. The number of carboxylic acid groups (broad SMARTS) is 1. The van der Waals surface area contributed by atoms with Gasteiger partial charge in [-0.15, -0.1) is 0 Å². The van der Waals surface area contributed by atoms with E-state index in [1.54, 1.807) is 32.0 Å². The van der Waals surface area contributed by atoms with Gasteiger partial charge in [0.15, 0.2) is 5.82 Å². The monoisotopic (exact) mass is 396 g/mol.